The molecule has 0 radical (unpaired) electrons. The number of aromatic nitrogens is 2. The van der Waals surface area contributed by atoms with Crippen molar-refractivity contribution in [1.29, 1.82) is 0 Å². The third kappa shape index (κ3) is 3.65. The summed E-state index contributed by atoms with van der Waals surface area (Å²) in [6, 6.07) is 15.0. The summed E-state index contributed by atoms with van der Waals surface area (Å²) in [5.74, 6) is 1.17. The van der Waals surface area contributed by atoms with Crippen LogP contribution in [0.3, 0.4) is 0 Å². The smallest absolute Gasteiger partial charge is 0.277 e. The van der Waals surface area contributed by atoms with E-state index in [4.69, 9.17) is 9.15 Å². The number of benzene rings is 2. The molecule has 122 valence electrons. The van der Waals surface area contributed by atoms with E-state index in [0.717, 1.165) is 11.1 Å². The quantitative estimate of drug-likeness (QED) is 0.499. The highest BCUT2D eigenvalue weighted by Crippen LogP contribution is 2.25. The van der Waals surface area contributed by atoms with Gasteiger partial charge in [-0.05, 0) is 31.2 Å². The summed E-state index contributed by atoms with van der Waals surface area (Å²) < 4.78 is 10.8. The fraction of sp³-hybridized carbons (Fsp3) is 0.167. The largest absolute Gasteiger partial charge is 0.496 e. The Morgan fingerprint density at radius 3 is 2.62 bits per heavy atom. The number of hydrogen-bond acceptors (Lipinski definition) is 6. The molecule has 1 heterocycles. The topological polar surface area (TPSA) is 65.2 Å². The lowest BCUT2D eigenvalue weighted by atomic mass is 10.1. The number of ether oxygens (including phenoxy) is 1. The number of rotatable bonds is 6. The lowest BCUT2D eigenvalue weighted by molar-refractivity contribution is 0.101. The molecule has 0 spiro atoms. The van der Waals surface area contributed by atoms with E-state index in [1.165, 1.54) is 11.8 Å². The van der Waals surface area contributed by atoms with Crippen molar-refractivity contribution in [2.45, 2.75) is 12.1 Å². The maximum Gasteiger partial charge on any atom is 0.277 e. The van der Waals surface area contributed by atoms with E-state index >= 15 is 0 Å². The third-order valence-electron chi connectivity index (χ3n) is 3.44. The van der Waals surface area contributed by atoms with E-state index < -0.39 is 0 Å². The van der Waals surface area contributed by atoms with Crippen LogP contribution in [0.1, 0.15) is 15.9 Å². The van der Waals surface area contributed by atoms with Gasteiger partial charge in [-0.1, -0.05) is 41.6 Å². The predicted molar refractivity (Wildman–Crippen MR) is 92.5 cm³/mol. The highest BCUT2D eigenvalue weighted by atomic mass is 32.2. The van der Waals surface area contributed by atoms with Gasteiger partial charge in [-0.2, -0.15) is 0 Å². The van der Waals surface area contributed by atoms with Crippen LogP contribution in [-0.4, -0.2) is 28.8 Å². The molecule has 0 saturated heterocycles. The molecule has 0 fully saturated rings. The van der Waals surface area contributed by atoms with Gasteiger partial charge >= 0.3 is 0 Å². The van der Waals surface area contributed by atoms with Crippen LogP contribution in [0.4, 0.5) is 0 Å². The van der Waals surface area contributed by atoms with Gasteiger partial charge in [-0.15, -0.1) is 10.2 Å². The first-order valence-electron chi connectivity index (χ1n) is 7.37. The Morgan fingerprint density at radius 2 is 1.88 bits per heavy atom. The second-order valence-electron chi connectivity index (χ2n) is 5.15. The Hall–Kier alpha value is -2.60. The molecular weight excluding hydrogens is 324 g/mol. The Bertz CT molecular complexity index is 843. The number of para-hydroxylation sites is 1. The van der Waals surface area contributed by atoms with Crippen LogP contribution in [0.15, 0.2) is 58.2 Å². The first-order valence-corrected chi connectivity index (χ1v) is 8.35. The maximum atomic E-state index is 12.3. The first kappa shape index (κ1) is 16.3. The van der Waals surface area contributed by atoms with Gasteiger partial charge < -0.3 is 9.15 Å². The van der Waals surface area contributed by atoms with Gasteiger partial charge in [0.15, 0.2) is 5.78 Å². The summed E-state index contributed by atoms with van der Waals surface area (Å²) in [6.45, 7) is 2.02. The minimum Gasteiger partial charge on any atom is -0.496 e. The molecule has 0 aliphatic heterocycles. The van der Waals surface area contributed by atoms with Crippen LogP contribution < -0.4 is 4.74 Å². The van der Waals surface area contributed by atoms with Crippen molar-refractivity contribution in [3.8, 4) is 17.2 Å². The van der Waals surface area contributed by atoms with E-state index in [0.29, 0.717) is 22.4 Å². The molecule has 0 aliphatic carbocycles. The minimum absolute atomic E-state index is 0.0486. The summed E-state index contributed by atoms with van der Waals surface area (Å²) >= 11 is 1.22. The van der Waals surface area contributed by atoms with E-state index in [1.807, 2.05) is 43.3 Å². The summed E-state index contributed by atoms with van der Waals surface area (Å²) in [5, 5.41) is 8.38. The molecule has 3 aromatic rings. The SMILES string of the molecule is COc1ccccc1C(=O)CSc1nnc(-c2ccc(C)cc2)o1. The molecule has 0 N–H and O–H groups in total. The van der Waals surface area contributed by atoms with Crippen molar-refractivity contribution in [1.82, 2.24) is 10.2 Å². The van der Waals surface area contributed by atoms with Gasteiger partial charge in [0.25, 0.3) is 5.22 Å². The Kier molecular flexibility index (Phi) is 4.96. The van der Waals surface area contributed by atoms with Crippen molar-refractivity contribution in [3.63, 3.8) is 0 Å². The molecule has 0 bridgehead atoms. The molecule has 6 heteroatoms. The van der Waals surface area contributed by atoms with Crippen LogP contribution in [-0.2, 0) is 0 Å². The average molecular weight is 340 g/mol. The van der Waals surface area contributed by atoms with Gasteiger partial charge in [0, 0.05) is 5.56 Å². The third-order valence-corrected chi connectivity index (χ3v) is 4.26. The highest BCUT2D eigenvalue weighted by Gasteiger charge is 2.15. The van der Waals surface area contributed by atoms with Gasteiger partial charge in [0.2, 0.25) is 5.89 Å². The monoisotopic (exact) mass is 340 g/mol. The zero-order valence-electron chi connectivity index (χ0n) is 13.4. The van der Waals surface area contributed by atoms with Crippen LogP contribution in [0, 0.1) is 6.92 Å². The van der Waals surface area contributed by atoms with Gasteiger partial charge in [-0.3, -0.25) is 4.79 Å². The van der Waals surface area contributed by atoms with Crippen LogP contribution in [0.25, 0.3) is 11.5 Å². The summed E-state index contributed by atoms with van der Waals surface area (Å²) in [7, 11) is 1.55. The zero-order chi connectivity index (χ0) is 16.9. The van der Waals surface area contributed by atoms with E-state index in [-0.39, 0.29) is 11.5 Å². The molecular formula is C18H16N2O3S. The van der Waals surface area contributed by atoms with Gasteiger partial charge in [-0.25, -0.2) is 0 Å². The number of nitrogens with zero attached hydrogens (tertiary/aromatic N) is 2. The van der Waals surface area contributed by atoms with Crippen LogP contribution >= 0.6 is 11.8 Å². The fourth-order valence-electron chi connectivity index (χ4n) is 2.16. The van der Waals surface area contributed by atoms with Crippen molar-refractivity contribution >= 4 is 17.5 Å². The number of Topliss-reactive ketones (excluding diaryl/α,β-unsaturated/α-hetero) is 1. The molecule has 3 rings (SSSR count). The zero-order valence-corrected chi connectivity index (χ0v) is 14.2. The molecule has 0 saturated carbocycles. The highest BCUT2D eigenvalue weighted by molar-refractivity contribution is 7.99. The minimum atomic E-state index is -0.0486. The average Bonchev–Trinajstić information content (AvgIpc) is 3.09. The number of carbonyl (C=O) groups is 1. The van der Waals surface area contributed by atoms with Crippen molar-refractivity contribution < 1.29 is 13.9 Å². The van der Waals surface area contributed by atoms with Crippen LogP contribution in [0.2, 0.25) is 0 Å². The Labute approximate surface area is 144 Å². The molecule has 24 heavy (non-hydrogen) atoms. The first-order chi connectivity index (χ1) is 11.7. The Morgan fingerprint density at radius 1 is 1.12 bits per heavy atom. The molecule has 5 nitrogen and oxygen atoms in total. The molecule has 2 aromatic carbocycles. The molecule has 1 aromatic heterocycles. The van der Waals surface area contributed by atoms with Crippen molar-refractivity contribution in [3.05, 3.63) is 59.7 Å². The molecule has 0 atom stereocenters. The Balaban J connectivity index is 1.67. The second kappa shape index (κ2) is 7.31. The van der Waals surface area contributed by atoms with E-state index in [2.05, 4.69) is 10.2 Å². The fourth-order valence-corrected chi connectivity index (χ4v) is 2.81. The standard InChI is InChI=1S/C18H16N2O3S/c1-12-7-9-13(10-8-12)17-19-20-18(23-17)24-11-15(21)14-5-3-4-6-16(14)22-2/h3-10H,11H2,1-2H3. The van der Waals surface area contributed by atoms with Crippen LogP contribution in [0.5, 0.6) is 5.75 Å². The number of methoxy groups -OCH3 is 1. The maximum absolute atomic E-state index is 12.3. The predicted octanol–water partition coefficient (Wildman–Crippen LogP) is 4.03. The summed E-state index contributed by atoms with van der Waals surface area (Å²) in [5.41, 5.74) is 2.57. The molecule has 0 aliphatic rings. The normalized spacial score (nSPS) is 10.6. The van der Waals surface area contributed by atoms with Crippen molar-refractivity contribution in [2.75, 3.05) is 12.9 Å². The summed E-state index contributed by atoms with van der Waals surface area (Å²) in [4.78, 5) is 12.3. The number of aryl methyl sites for hydroxylation is 1. The van der Waals surface area contributed by atoms with E-state index in [9.17, 15) is 4.79 Å². The van der Waals surface area contributed by atoms with Gasteiger partial charge in [0.1, 0.15) is 5.75 Å². The number of hydrogen-bond donors (Lipinski definition) is 0. The van der Waals surface area contributed by atoms with Crippen molar-refractivity contribution in [2.24, 2.45) is 0 Å². The number of carbonyl (C=O) groups excluding carboxylic acids is 1. The lowest BCUT2D eigenvalue weighted by Crippen LogP contribution is -2.04. The number of thioether (sulfide) groups is 1. The number of ketones is 1. The molecule has 0 unspecified atom stereocenters. The summed E-state index contributed by atoms with van der Waals surface area (Å²) in [6.07, 6.45) is 0. The van der Waals surface area contributed by atoms with Gasteiger partial charge in [0.05, 0.1) is 18.4 Å². The second-order valence-corrected chi connectivity index (χ2v) is 6.08. The molecule has 0 amide bonds. The van der Waals surface area contributed by atoms with E-state index in [1.54, 1.807) is 19.2 Å². The lowest BCUT2D eigenvalue weighted by Gasteiger charge is -2.05.